The quantitative estimate of drug-likeness (QED) is 0.611. The lowest BCUT2D eigenvalue weighted by atomic mass is 10.0. The minimum absolute atomic E-state index is 0. The largest absolute Gasteiger partial charge is 0.464 e. The van der Waals surface area contributed by atoms with Crippen LogP contribution in [0.2, 0.25) is 0 Å². The molecule has 0 radical (unpaired) electrons. The van der Waals surface area contributed by atoms with Crippen molar-refractivity contribution in [2.45, 2.75) is 26.2 Å². The summed E-state index contributed by atoms with van der Waals surface area (Å²) < 4.78 is 0. The van der Waals surface area contributed by atoms with Crippen LogP contribution in [0.25, 0.3) is 0 Å². The van der Waals surface area contributed by atoms with Gasteiger partial charge in [0.25, 0.3) is 0 Å². The monoisotopic (exact) mass is 347 g/mol. The van der Waals surface area contributed by atoms with Crippen LogP contribution in [0.5, 0.6) is 0 Å². The second-order valence-corrected chi connectivity index (χ2v) is 5.87. The van der Waals surface area contributed by atoms with Crippen molar-refractivity contribution in [3.63, 3.8) is 0 Å². The predicted molar refractivity (Wildman–Crippen MR) is 94.7 cm³/mol. The summed E-state index contributed by atoms with van der Waals surface area (Å²) in [6, 6.07) is 2.64. The van der Waals surface area contributed by atoms with Crippen molar-refractivity contribution in [1.29, 1.82) is 0 Å². The van der Waals surface area contributed by atoms with Gasteiger partial charge in [0, 0.05) is 26.2 Å². The Kier molecular flexibility index (Phi) is 11.7. The molecule has 2 saturated heterocycles. The van der Waals surface area contributed by atoms with Crippen LogP contribution in [-0.4, -0.2) is 85.5 Å². The number of hydrogen-bond acceptors (Lipinski definition) is 5. The van der Waals surface area contributed by atoms with E-state index in [4.69, 9.17) is 5.11 Å². The second-order valence-electron chi connectivity index (χ2n) is 5.87. The molecule has 2 heterocycles. The zero-order valence-electron chi connectivity index (χ0n) is 14.4. The topological polar surface area (TPSA) is 71.7 Å². The number of carbonyl (C=O) groups is 1. The molecular weight excluding hydrogens is 318 g/mol. The molecule has 0 saturated carbocycles. The van der Waals surface area contributed by atoms with Crippen molar-refractivity contribution in [3.8, 4) is 0 Å². The van der Waals surface area contributed by atoms with Crippen molar-refractivity contribution < 1.29 is 9.90 Å². The van der Waals surface area contributed by atoms with Gasteiger partial charge in [-0.25, -0.2) is 24.8 Å². The molecule has 0 spiro atoms. The summed E-state index contributed by atoms with van der Waals surface area (Å²) in [6.07, 6.45) is 2.50. The van der Waals surface area contributed by atoms with Crippen molar-refractivity contribution in [2.75, 3.05) is 53.4 Å². The average Bonchev–Trinajstić information content (AvgIpc) is 2.84. The van der Waals surface area contributed by atoms with E-state index in [0.717, 1.165) is 51.5 Å². The third-order valence-electron chi connectivity index (χ3n) is 3.75. The molecule has 0 aromatic rings. The van der Waals surface area contributed by atoms with E-state index in [-0.39, 0.29) is 12.4 Å². The Morgan fingerprint density at radius 2 is 2.00 bits per heavy atom. The van der Waals surface area contributed by atoms with Gasteiger partial charge in [-0.1, -0.05) is 0 Å². The molecular formula is C15H30ClN5O2. The molecule has 8 heteroatoms. The minimum atomic E-state index is -0.801. The standard InChI is InChI=1S/C8H17N3.C7H12N2O2.ClH/c1-4-9-8-10-6-5-7-11(2)3;10-7(11)9-4-2-6-1-3-8(9)5-6;/h4-7H2,1-3H3;6H,1-5H2,(H,10,11);1H. The molecule has 2 rings (SSSR count). The molecule has 2 aliphatic heterocycles. The maximum Gasteiger partial charge on any atom is 0.421 e. The summed E-state index contributed by atoms with van der Waals surface area (Å²) in [7, 11) is 4.12. The van der Waals surface area contributed by atoms with Gasteiger partial charge < -0.3 is 10.0 Å². The first-order valence-corrected chi connectivity index (χ1v) is 8.02. The fourth-order valence-electron chi connectivity index (χ4n) is 2.57. The van der Waals surface area contributed by atoms with Crippen LogP contribution in [0, 0.1) is 5.92 Å². The first-order chi connectivity index (χ1) is 10.5. The van der Waals surface area contributed by atoms with E-state index in [0.29, 0.717) is 6.54 Å². The molecule has 23 heavy (non-hydrogen) atoms. The molecule has 2 atom stereocenters. The van der Waals surface area contributed by atoms with Gasteiger partial charge in [0.05, 0.1) is 12.6 Å². The summed E-state index contributed by atoms with van der Waals surface area (Å²) in [4.78, 5) is 20.6. The number of rotatable bonds is 5. The molecule has 7 nitrogen and oxygen atoms in total. The van der Waals surface area contributed by atoms with Crippen molar-refractivity contribution >= 4 is 24.5 Å². The van der Waals surface area contributed by atoms with E-state index in [1.807, 2.05) is 11.9 Å². The highest BCUT2D eigenvalue weighted by Gasteiger charge is 2.34. The maximum atomic E-state index is 10.6. The summed E-state index contributed by atoms with van der Waals surface area (Å²) >= 11 is 0. The van der Waals surface area contributed by atoms with Gasteiger partial charge in [0.15, 0.2) is 0 Å². The average molecular weight is 348 g/mol. The summed E-state index contributed by atoms with van der Waals surface area (Å²) in [5, 5.41) is 12.1. The number of aliphatic imine (C=N–C) groups is 2. The molecule has 0 aliphatic carbocycles. The number of hydrogen-bond donors (Lipinski definition) is 1. The van der Waals surface area contributed by atoms with Gasteiger partial charge in [0.1, 0.15) is 0 Å². The fourth-order valence-corrected chi connectivity index (χ4v) is 2.57. The van der Waals surface area contributed by atoms with Crippen molar-refractivity contribution in [1.82, 2.24) is 14.9 Å². The number of hydrazine groups is 1. The Morgan fingerprint density at radius 3 is 2.61 bits per heavy atom. The van der Waals surface area contributed by atoms with Crippen LogP contribution >= 0.6 is 12.4 Å². The molecule has 2 fully saturated rings. The molecule has 2 aliphatic rings. The third-order valence-corrected chi connectivity index (χ3v) is 3.75. The molecule has 0 aromatic heterocycles. The van der Waals surface area contributed by atoms with E-state index < -0.39 is 6.09 Å². The number of nitrogens with zero attached hydrogens (tertiary/aromatic N) is 5. The van der Waals surface area contributed by atoms with Crippen molar-refractivity contribution in [2.24, 2.45) is 15.9 Å². The molecule has 0 aromatic carbocycles. The van der Waals surface area contributed by atoms with Crippen LogP contribution in [0.1, 0.15) is 26.2 Å². The van der Waals surface area contributed by atoms with E-state index >= 15 is 0 Å². The third kappa shape index (κ3) is 8.91. The summed E-state index contributed by atoms with van der Waals surface area (Å²) in [5.74, 6) is 0.755. The maximum absolute atomic E-state index is 10.6. The highest BCUT2D eigenvalue weighted by atomic mass is 35.5. The lowest BCUT2D eigenvalue weighted by molar-refractivity contribution is -0.0124. The Hall–Kier alpha value is -1.14. The van der Waals surface area contributed by atoms with E-state index in [9.17, 15) is 4.79 Å². The molecule has 1 N–H and O–H groups in total. The smallest absolute Gasteiger partial charge is 0.421 e. The van der Waals surface area contributed by atoms with Gasteiger partial charge in [-0.15, -0.1) is 12.4 Å². The molecule has 2 bridgehead atoms. The van der Waals surface area contributed by atoms with Crippen LogP contribution < -0.4 is 0 Å². The number of amides is 1. The Balaban J connectivity index is 0.000000403. The molecule has 2 unspecified atom stereocenters. The number of carboxylic acid groups (broad SMARTS) is 1. The Bertz CT molecular complexity index is 399. The summed E-state index contributed by atoms with van der Waals surface area (Å²) in [5.41, 5.74) is 0. The van der Waals surface area contributed by atoms with Gasteiger partial charge in [-0.3, -0.25) is 0 Å². The first kappa shape index (κ1) is 21.9. The Labute approximate surface area is 145 Å². The molecule has 1 amide bonds. The second kappa shape index (κ2) is 12.3. The van der Waals surface area contributed by atoms with E-state index in [1.54, 1.807) is 0 Å². The normalized spacial score (nSPS) is 21.7. The zero-order chi connectivity index (χ0) is 16.4. The summed E-state index contributed by atoms with van der Waals surface area (Å²) in [6.45, 7) is 7.24. The SMILES string of the molecule is CCN=C=NCCCN(C)C.Cl.O=C(O)N1CCC2CCN1C2. The van der Waals surface area contributed by atoms with Gasteiger partial charge in [0.2, 0.25) is 0 Å². The van der Waals surface area contributed by atoms with Crippen LogP contribution in [0.3, 0.4) is 0 Å². The zero-order valence-corrected chi connectivity index (χ0v) is 15.3. The van der Waals surface area contributed by atoms with Gasteiger partial charge in [-0.2, -0.15) is 0 Å². The van der Waals surface area contributed by atoms with Gasteiger partial charge >= 0.3 is 6.09 Å². The lowest BCUT2D eigenvalue weighted by Crippen LogP contribution is -2.47. The van der Waals surface area contributed by atoms with E-state index in [2.05, 4.69) is 35.0 Å². The van der Waals surface area contributed by atoms with Gasteiger partial charge in [-0.05, 0) is 52.7 Å². The fraction of sp³-hybridized carbons (Fsp3) is 0.867. The Morgan fingerprint density at radius 1 is 1.30 bits per heavy atom. The minimum Gasteiger partial charge on any atom is -0.464 e. The van der Waals surface area contributed by atoms with E-state index in [1.165, 1.54) is 11.4 Å². The highest BCUT2D eigenvalue weighted by molar-refractivity contribution is 5.85. The number of fused-ring (bicyclic) bond motifs is 2. The number of halogens is 1. The first-order valence-electron chi connectivity index (χ1n) is 8.02. The molecule has 134 valence electrons. The lowest BCUT2D eigenvalue weighted by Gasteiger charge is -2.33. The predicted octanol–water partition coefficient (Wildman–Crippen LogP) is 2.16. The van der Waals surface area contributed by atoms with Crippen LogP contribution in [0.15, 0.2) is 9.98 Å². The highest BCUT2D eigenvalue weighted by Crippen LogP contribution is 2.26. The van der Waals surface area contributed by atoms with Crippen LogP contribution in [-0.2, 0) is 0 Å². The van der Waals surface area contributed by atoms with Crippen molar-refractivity contribution in [3.05, 3.63) is 0 Å². The van der Waals surface area contributed by atoms with Crippen LogP contribution in [0.4, 0.5) is 4.79 Å².